The molecule has 0 spiro atoms. The molecule has 0 aromatic rings. The summed E-state index contributed by atoms with van der Waals surface area (Å²) in [5.74, 6) is -1.27. The summed E-state index contributed by atoms with van der Waals surface area (Å²) in [5.41, 5.74) is 5.18. The van der Waals surface area contributed by atoms with Crippen LogP contribution in [0.3, 0.4) is 0 Å². The number of aliphatic hydroxyl groups excluding tert-OH is 1. The highest BCUT2D eigenvalue weighted by molar-refractivity contribution is 7.53. The Labute approximate surface area is 78.4 Å². The van der Waals surface area contributed by atoms with Gasteiger partial charge in [-0.25, -0.2) is 0 Å². The van der Waals surface area contributed by atoms with Crippen LogP contribution in [0.1, 0.15) is 26.2 Å². The van der Waals surface area contributed by atoms with E-state index in [0.29, 0.717) is 19.4 Å². The van der Waals surface area contributed by atoms with E-state index in [1.165, 1.54) is 0 Å². The van der Waals surface area contributed by atoms with Crippen LogP contribution in [-0.4, -0.2) is 29.0 Å². The number of rotatable bonds is 7. The summed E-state index contributed by atoms with van der Waals surface area (Å²) in [7, 11) is -3.83. The molecule has 0 aromatic heterocycles. The third kappa shape index (κ3) is 5.39. The van der Waals surface area contributed by atoms with Crippen molar-refractivity contribution in [2.24, 2.45) is 5.73 Å². The molecular weight excluding hydrogens is 193 g/mol. The van der Waals surface area contributed by atoms with Gasteiger partial charge in [-0.2, -0.15) is 0 Å². The minimum atomic E-state index is -3.83. The second-order valence-corrected chi connectivity index (χ2v) is 4.79. The van der Waals surface area contributed by atoms with Gasteiger partial charge < -0.3 is 20.3 Å². The lowest BCUT2D eigenvalue weighted by molar-refractivity contribution is 0.164. The van der Waals surface area contributed by atoms with Crippen LogP contribution in [0.2, 0.25) is 0 Å². The molecule has 0 fully saturated rings. The van der Waals surface area contributed by atoms with Gasteiger partial charge in [-0.05, 0) is 19.4 Å². The van der Waals surface area contributed by atoms with Gasteiger partial charge in [0.1, 0.15) is 0 Å². The highest BCUT2D eigenvalue weighted by atomic mass is 31.2. The zero-order valence-electron chi connectivity index (χ0n) is 7.85. The standard InChI is InChI=1S/C7H18NO4P/c1-2-4-7(9)13(10,11)12-6-3-5-8/h7,9H,2-6,8H2,1H3,(H,10,11). The van der Waals surface area contributed by atoms with Gasteiger partial charge in [-0.1, -0.05) is 13.3 Å². The number of nitrogens with two attached hydrogens (primary N) is 1. The first-order valence-corrected chi connectivity index (χ1v) is 6.04. The molecule has 13 heavy (non-hydrogen) atoms. The molecule has 0 aromatic carbocycles. The van der Waals surface area contributed by atoms with E-state index < -0.39 is 13.4 Å². The maximum atomic E-state index is 11.2. The van der Waals surface area contributed by atoms with Crippen molar-refractivity contribution in [3.05, 3.63) is 0 Å². The third-order valence-electron chi connectivity index (χ3n) is 1.55. The molecule has 0 saturated heterocycles. The topological polar surface area (TPSA) is 92.8 Å². The van der Waals surface area contributed by atoms with Gasteiger partial charge >= 0.3 is 7.60 Å². The molecule has 0 radical (unpaired) electrons. The molecule has 6 heteroatoms. The summed E-state index contributed by atoms with van der Waals surface area (Å²) in [6.45, 7) is 2.35. The summed E-state index contributed by atoms with van der Waals surface area (Å²) >= 11 is 0. The van der Waals surface area contributed by atoms with Crippen LogP contribution in [-0.2, 0) is 9.09 Å². The monoisotopic (exact) mass is 211 g/mol. The fourth-order valence-corrected chi connectivity index (χ4v) is 1.93. The minimum absolute atomic E-state index is 0.116. The van der Waals surface area contributed by atoms with E-state index in [1.54, 1.807) is 0 Å². The minimum Gasteiger partial charge on any atom is -0.380 e. The first-order valence-electron chi connectivity index (χ1n) is 4.39. The first kappa shape index (κ1) is 13.1. The molecule has 0 aliphatic rings. The average molecular weight is 211 g/mol. The Balaban J connectivity index is 3.84. The van der Waals surface area contributed by atoms with Gasteiger partial charge in [0.05, 0.1) is 6.61 Å². The summed E-state index contributed by atoms with van der Waals surface area (Å²) in [5, 5.41) is 9.21. The lowest BCUT2D eigenvalue weighted by Crippen LogP contribution is -2.11. The Kier molecular flexibility index (Phi) is 6.55. The van der Waals surface area contributed by atoms with E-state index in [9.17, 15) is 14.6 Å². The van der Waals surface area contributed by atoms with E-state index in [-0.39, 0.29) is 13.0 Å². The van der Waals surface area contributed by atoms with Crippen LogP contribution in [0.25, 0.3) is 0 Å². The molecular formula is C7H18NO4P. The van der Waals surface area contributed by atoms with Crippen molar-refractivity contribution in [3.63, 3.8) is 0 Å². The third-order valence-corrected chi connectivity index (χ3v) is 3.11. The van der Waals surface area contributed by atoms with Crippen LogP contribution < -0.4 is 5.73 Å². The molecule has 2 atom stereocenters. The molecule has 0 aliphatic heterocycles. The molecule has 0 aliphatic carbocycles. The van der Waals surface area contributed by atoms with Gasteiger partial charge in [-0.3, -0.25) is 4.57 Å². The zero-order valence-corrected chi connectivity index (χ0v) is 8.74. The van der Waals surface area contributed by atoms with Gasteiger partial charge in [0, 0.05) is 0 Å². The maximum absolute atomic E-state index is 11.2. The Morgan fingerprint density at radius 1 is 1.62 bits per heavy atom. The Morgan fingerprint density at radius 3 is 2.69 bits per heavy atom. The highest BCUT2D eigenvalue weighted by Gasteiger charge is 2.29. The van der Waals surface area contributed by atoms with Crippen LogP contribution in [0, 0.1) is 0 Å². The smallest absolute Gasteiger partial charge is 0.356 e. The second kappa shape index (κ2) is 6.51. The van der Waals surface area contributed by atoms with Crippen molar-refractivity contribution < 1.29 is 19.1 Å². The highest BCUT2D eigenvalue weighted by Crippen LogP contribution is 2.47. The predicted octanol–water partition coefficient (Wildman–Crippen LogP) is 0.656. The summed E-state index contributed by atoms with van der Waals surface area (Å²) in [6, 6.07) is 0. The van der Waals surface area contributed by atoms with E-state index in [0.717, 1.165) is 0 Å². The fourth-order valence-electron chi connectivity index (χ4n) is 0.786. The summed E-state index contributed by atoms with van der Waals surface area (Å²) < 4.78 is 15.9. The molecule has 0 bridgehead atoms. The van der Waals surface area contributed by atoms with Gasteiger partial charge in [-0.15, -0.1) is 0 Å². The largest absolute Gasteiger partial charge is 0.380 e. The summed E-state index contributed by atoms with van der Waals surface area (Å²) in [6.07, 6.45) is 1.44. The molecule has 0 amide bonds. The molecule has 0 saturated carbocycles. The van der Waals surface area contributed by atoms with E-state index in [2.05, 4.69) is 4.52 Å². The lowest BCUT2D eigenvalue weighted by Gasteiger charge is -2.16. The predicted molar refractivity (Wildman–Crippen MR) is 50.4 cm³/mol. The Morgan fingerprint density at radius 2 is 2.23 bits per heavy atom. The summed E-state index contributed by atoms with van der Waals surface area (Å²) in [4.78, 5) is 9.18. The normalized spacial score (nSPS) is 18.2. The number of hydrogen-bond donors (Lipinski definition) is 3. The van der Waals surface area contributed by atoms with E-state index in [1.807, 2.05) is 6.92 Å². The lowest BCUT2D eigenvalue weighted by atomic mass is 10.4. The van der Waals surface area contributed by atoms with Crippen molar-refractivity contribution in [3.8, 4) is 0 Å². The van der Waals surface area contributed by atoms with Gasteiger partial charge in [0.25, 0.3) is 0 Å². The quantitative estimate of drug-likeness (QED) is 0.425. The van der Waals surface area contributed by atoms with E-state index >= 15 is 0 Å². The fraction of sp³-hybridized carbons (Fsp3) is 1.00. The second-order valence-electron chi connectivity index (χ2n) is 2.81. The number of hydrogen-bond acceptors (Lipinski definition) is 4. The van der Waals surface area contributed by atoms with Gasteiger partial charge in [0.2, 0.25) is 0 Å². The van der Waals surface area contributed by atoms with Crippen molar-refractivity contribution in [2.75, 3.05) is 13.2 Å². The maximum Gasteiger partial charge on any atom is 0.356 e. The molecule has 80 valence electrons. The molecule has 0 rings (SSSR count). The van der Waals surface area contributed by atoms with Crippen LogP contribution >= 0.6 is 7.60 Å². The Hall–Kier alpha value is 0.0700. The zero-order chi connectivity index (χ0) is 10.3. The SMILES string of the molecule is CCCC(O)P(=O)(O)OCCCN. The van der Waals surface area contributed by atoms with Crippen LogP contribution in [0.5, 0.6) is 0 Å². The van der Waals surface area contributed by atoms with Crippen molar-refractivity contribution in [1.82, 2.24) is 0 Å². The molecule has 0 heterocycles. The van der Waals surface area contributed by atoms with Crippen LogP contribution in [0.4, 0.5) is 0 Å². The average Bonchev–Trinajstić information content (AvgIpc) is 2.05. The van der Waals surface area contributed by atoms with Crippen LogP contribution in [0.15, 0.2) is 0 Å². The molecule has 4 N–H and O–H groups in total. The Bertz CT molecular complexity index is 176. The van der Waals surface area contributed by atoms with Gasteiger partial charge in [0.15, 0.2) is 5.85 Å². The van der Waals surface area contributed by atoms with Crippen molar-refractivity contribution in [2.45, 2.75) is 32.0 Å². The first-order chi connectivity index (χ1) is 6.04. The van der Waals surface area contributed by atoms with Crippen molar-refractivity contribution >= 4 is 7.60 Å². The molecule has 2 unspecified atom stereocenters. The van der Waals surface area contributed by atoms with Crippen molar-refractivity contribution in [1.29, 1.82) is 0 Å². The number of aliphatic hydroxyl groups is 1. The molecule has 5 nitrogen and oxygen atoms in total. The van der Waals surface area contributed by atoms with E-state index in [4.69, 9.17) is 5.73 Å².